The van der Waals surface area contributed by atoms with Gasteiger partial charge in [-0.25, -0.2) is 5.43 Å². The Kier molecular flexibility index (Phi) is 6.51. The Bertz CT molecular complexity index is 762. The van der Waals surface area contributed by atoms with E-state index in [0.29, 0.717) is 11.3 Å². The quantitative estimate of drug-likeness (QED) is 0.587. The molecule has 0 radical (unpaired) electrons. The predicted molar refractivity (Wildman–Crippen MR) is 95.2 cm³/mol. The van der Waals surface area contributed by atoms with Gasteiger partial charge in [0, 0.05) is 10.0 Å². The molecule has 2 amide bonds. The number of hydrogen-bond acceptors (Lipinski definition) is 4. The molecule has 124 valence electrons. The minimum Gasteiger partial charge on any atom is -0.497 e. The number of amides is 2. The highest BCUT2D eigenvalue weighted by Gasteiger charge is 2.07. The molecule has 2 aromatic carbocycles. The molecule has 2 rings (SSSR count). The van der Waals surface area contributed by atoms with Gasteiger partial charge >= 0.3 is 0 Å². The summed E-state index contributed by atoms with van der Waals surface area (Å²) in [5.74, 6) is -0.0488. The Morgan fingerprint density at radius 1 is 1.21 bits per heavy atom. The van der Waals surface area contributed by atoms with Gasteiger partial charge in [0.05, 0.1) is 19.9 Å². The molecule has 0 atom stereocenters. The zero-order valence-corrected chi connectivity index (χ0v) is 14.5. The number of carbonyl (C=O) groups excluding carboxylic acids is 2. The molecule has 0 aliphatic carbocycles. The minimum absolute atomic E-state index is 0.166. The Labute approximate surface area is 148 Å². The first-order valence-corrected chi connectivity index (χ1v) is 7.87. The van der Waals surface area contributed by atoms with Gasteiger partial charge in [-0.1, -0.05) is 34.1 Å². The van der Waals surface area contributed by atoms with E-state index in [9.17, 15) is 9.59 Å². The van der Waals surface area contributed by atoms with E-state index in [2.05, 4.69) is 31.8 Å². The Hall–Kier alpha value is -2.67. The van der Waals surface area contributed by atoms with Crippen molar-refractivity contribution in [1.82, 2.24) is 10.7 Å². The number of hydrazone groups is 1. The fourth-order valence-corrected chi connectivity index (χ4v) is 2.23. The van der Waals surface area contributed by atoms with E-state index in [-0.39, 0.29) is 12.5 Å². The number of methoxy groups -OCH3 is 1. The summed E-state index contributed by atoms with van der Waals surface area (Å²) < 4.78 is 5.89. The lowest BCUT2D eigenvalue weighted by atomic mass is 10.2. The largest absolute Gasteiger partial charge is 0.497 e. The zero-order valence-electron chi connectivity index (χ0n) is 13.0. The topological polar surface area (TPSA) is 79.8 Å². The first kappa shape index (κ1) is 17.7. The van der Waals surface area contributed by atoms with Gasteiger partial charge in [0.1, 0.15) is 5.75 Å². The molecular weight excluding hydrogens is 374 g/mol. The van der Waals surface area contributed by atoms with Crippen LogP contribution in [0, 0.1) is 0 Å². The second-order valence-corrected chi connectivity index (χ2v) is 5.68. The molecule has 0 aromatic heterocycles. The van der Waals surface area contributed by atoms with Crippen LogP contribution >= 0.6 is 15.9 Å². The summed E-state index contributed by atoms with van der Waals surface area (Å²) in [6.45, 7) is -0.166. The first-order valence-electron chi connectivity index (χ1n) is 7.08. The van der Waals surface area contributed by atoms with Crippen molar-refractivity contribution in [2.45, 2.75) is 0 Å². The summed E-state index contributed by atoms with van der Waals surface area (Å²) in [5.41, 5.74) is 3.61. The molecular formula is C17H16BrN3O3. The van der Waals surface area contributed by atoms with Gasteiger partial charge in [0.15, 0.2) is 0 Å². The van der Waals surface area contributed by atoms with E-state index < -0.39 is 5.91 Å². The lowest BCUT2D eigenvalue weighted by molar-refractivity contribution is -0.120. The predicted octanol–water partition coefficient (Wildman–Crippen LogP) is 2.34. The number of nitrogens with zero attached hydrogens (tertiary/aromatic N) is 1. The van der Waals surface area contributed by atoms with Crippen LogP contribution in [-0.4, -0.2) is 31.7 Å². The minimum atomic E-state index is -0.419. The van der Waals surface area contributed by atoms with Gasteiger partial charge in [-0.05, 0) is 35.9 Å². The van der Waals surface area contributed by atoms with Crippen LogP contribution in [0.25, 0.3) is 0 Å². The molecule has 2 aromatic rings. The van der Waals surface area contributed by atoms with E-state index in [4.69, 9.17) is 4.74 Å². The van der Waals surface area contributed by atoms with E-state index in [1.165, 1.54) is 6.21 Å². The molecule has 6 nitrogen and oxygen atoms in total. The van der Waals surface area contributed by atoms with Crippen LogP contribution < -0.4 is 15.5 Å². The second kappa shape index (κ2) is 8.83. The van der Waals surface area contributed by atoms with Gasteiger partial charge in [0.2, 0.25) is 0 Å². The van der Waals surface area contributed by atoms with Crippen LogP contribution in [0.4, 0.5) is 0 Å². The van der Waals surface area contributed by atoms with Gasteiger partial charge < -0.3 is 10.1 Å². The van der Waals surface area contributed by atoms with Gasteiger partial charge in [-0.2, -0.15) is 5.10 Å². The van der Waals surface area contributed by atoms with Gasteiger partial charge in [-0.15, -0.1) is 0 Å². The summed E-state index contributed by atoms with van der Waals surface area (Å²) >= 11 is 3.29. The number of rotatable bonds is 6. The van der Waals surface area contributed by atoms with Gasteiger partial charge in [-0.3, -0.25) is 9.59 Å². The molecule has 2 N–H and O–H groups in total. The van der Waals surface area contributed by atoms with Crippen molar-refractivity contribution in [3.05, 3.63) is 64.1 Å². The maximum atomic E-state index is 11.9. The fraction of sp³-hybridized carbons (Fsp3) is 0.118. The molecule has 0 bridgehead atoms. The molecule has 0 saturated heterocycles. The van der Waals surface area contributed by atoms with Crippen molar-refractivity contribution in [2.24, 2.45) is 5.10 Å². The second-order valence-electron chi connectivity index (χ2n) is 4.76. The van der Waals surface area contributed by atoms with Crippen LogP contribution in [0.2, 0.25) is 0 Å². The summed E-state index contributed by atoms with van der Waals surface area (Å²) in [5, 5.41) is 6.37. The van der Waals surface area contributed by atoms with E-state index in [0.717, 1.165) is 10.0 Å². The van der Waals surface area contributed by atoms with E-state index >= 15 is 0 Å². The third-order valence-corrected chi connectivity index (χ3v) is 3.49. The van der Waals surface area contributed by atoms with Crippen LogP contribution in [0.5, 0.6) is 5.75 Å². The first-order chi connectivity index (χ1) is 11.6. The highest BCUT2D eigenvalue weighted by Crippen LogP contribution is 2.11. The average molecular weight is 390 g/mol. The van der Waals surface area contributed by atoms with Gasteiger partial charge in [0.25, 0.3) is 11.8 Å². The van der Waals surface area contributed by atoms with E-state index in [1.54, 1.807) is 31.4 Å². The van der Waals surface area contributed by atoms with Crippen LogP contribution in [0.3, 0.4) is 0 Å². The van der Waals surface area contributed by atoms with Crippen LogP contribution in [0.1, 0.15) is 15.9 Å². The number of benzene rings is 2. The molecule has 0 heterocycles. The molecule has 7 heteroatoms. The van der Waals surface area contributed by atoms with Crippen molar-refractivity contribution in [1.29, 1.82) is 0 Å². The number of ether oxygens (including phenoxy) is 1. The Morgan fingerprint density at radius 2 is 2.00 bits per heavy atom. The Morgan fingerprint density at radius 3 is 2.75 bits per heavy atom. The summed E-state index contributed by atoms with van der Waals surface area (Å²) in [6.07, 6.45) is 1.50. The third kappa shape index (κ3) is 5.51. The number of hydrogen-bond donors (Lipinski definition) is 2. The van der Waals surface area contributed by atoms with Crippen molar-refractivity contribution >= 4 is 34.0 Å². The normalized spacial score (nSPS) is 10.4. The van der Waals surface area contributed by atoms with Crippen molar-refractivity contribution in [3.8, 4) is 5.75 Å². The molecule has 0 aliphatic rings. The lowest BCUT2D eigenvalue weighted by Gasteiger charge is -2.04. The third-order valence-electron chi connectivity index (χ3n) is 2.99. The summed E-state index contributed by atoms with van der Waals surface area (Å²) in [4.78, 5) is 23.6. The van der Waals surface area contributed by atoms with Crippen LogP contribution in [-0.2, 0) is 4.79 Å². The SMILES string of the molecule is COc1cccc(/C=N/NC(=O)CNC(=O)c2cccc(Br)c2)c1. The Balaban J connectivity index is 1.80. The monoisotopic (exact) mass is 389 g/mol. The number of nitrogens with one attached hydrogen (secondary N) is 2. The maximum absolute atomic E-state index is 11.9. The smallest absolute Gasteiger partial charge is 0.259 e. The van der Waals surface area contributed by atoms with Crippen molar-refractivity contribution < 1.29 is 14.3 Å². The highest BCUT2D eigenvalue weighted by atomic mass is 79.9. The maximum Gasteiger partial charge on any atom is 0.259 e. The lowest BCUT2D eigenvalue weighted by Crippen LogP contribution is -2.34. The number of halogens is 1. The molecule has 0 saturated carbocycles. The van der Waals surface area contributed by atoms with E-state index in [1.807, 2.05) is 24.3 Å². The van der Waals surface area contributed by atoms with Crippen molar-refractivity contribution in [3.63, 3.8) is 0 Å². The van der Waals surface area contributed by atoms with Crippen LogP contribution in [0.15, 0.2) is 58.1 Å². The zero-order chi connectivity index (χ0) is 17.4. The molecule has 0 unspecified atom stereocenters. The summed E-state index contributed by atoms with van der Waals surface area (Å²) in [7, 11) is 1.58. The standard InChI is InChI=1S/C17H16BrN3O3/c1-24-15-7-2-4-12(8-15)10-20-21-16(22)11-19-17(23)13-5-3-6-14(18)9-13/h2-10H,11H2,1H3,(H,19,23)(H,21,22)/b20-10+. The highest BCUT2D eigenvalue weighted by molar-refractivity contribution is 9.10. The summed E-state index contributed by atoms with van der Waals surface area (Å²) in [6, 6.07) is 14.1. The fourth-order valence-electron chi connectivity index (χ4n) is 1.83. The average Bonchev–Trinajstić information content (AvgIpc) is 2.60. The van der Waals surface area contributed by atoms with Crippen molar-refractivity contribution in [2.75, 3.05) is 13.7 Å². The molecule has 0 aliphatic heterocycles. The number of carbonyl (C=O) groups is 2. The molecule has 0 fully saturated rings. The molecule has 24 heavy (non-hydrogen) atoms. The molecule has 0 spiro atoms.